The summed E-state index contributed by atoms with van der Waals surface area (Å²) in [5, 5.41) is 4.84. The van der Waals surface area contributed by atoms with Crippen LogP contribution in [0.25, 0.3) is 22.2 Å². The summed E-state index contributed by atoms with van der Waals surface area (Å²) in [6.07, 6.45) is 11.5. The monoisotopic (exact) mass is 590 g/mol. The number of nitrogens with one attached hydrogen (secondary N) is 1. The lowest BCUT2D eigenvalue weighted by Crippen LogP contribution is -2.44. The molecule has 2 fully saturated rings. The van der Waals surface area contributed by atoms with Crippen molar-refractivity contribution in [1.82, 2.24) is 24.3 Å². The Morgan fingerprint density at radius 3 is 2.33 bits per heavy atom. The third-order valence-corrected chi connectivity index (χ3v) is 14.5. The summed E-state index contributed by atoms with van der Waals surface area (Å²) >= 11 is 0. The Hall–Kier alpha value is -2.26. The first-order valence-electron chi connectivity index (χ1n) is 16.3. The van der Waals surface area contributed by atoms with Crippen molar-refractivity contribution in [2.75, 3.05) is 45.1 Å². The van der Waals surface area contributed by atoms with Crippen molar-refractivity contribution in [3.63, 3.8) is 0 Å². The Morgan fingerprint density at radius 1 is 1.00 bits per heavy atom. The number of fused-ring (bicyclic) bond motifs is 1. The Kier molecular flexibility index (Phi) is 9.77. The lowest BCUT2D eigenvalue weighted by atomic mass is 9.93. The van der Waals surface area contributed by atoms with Crippen molar-refractivity contribution in [1.29, 1.82) is 0 Å². The third kappa shape index (κ3) is 7.26. The maximum atomic E-state index is 6.82. The highest BCUT2D eigenvalue weighted by atomic mass is 28.4. The first-order chi connectivity index (χ1) is 20.0. The highest BCUT2D eigenvalue weighted by Gasteiger charge is 2.40. The van der Waals surface area contributed by atoms with Gasteiger partial charge >= 0.3 is 0 Å². The molecule has 8 heteroatoms. The Bertz CT molecular complexity index is 1300. The van der Waals surface area contributed by atoms with Crippen molar-refractivity contribution < 1.29 is 4.43 Å². The summed E-state index contributed by atoms with van der Waals surface area (Å²) in [7, 11) is 0.450. The molecule has 42 heavy (non-hydrogen) atoms. The molecule has 1 aliphatic heterocycles. The second-order valence-electron chi connectivity index (χ2n) is 14.2. The van der Waals surface area contributed by atoms with Crippen molar-refractivity contribution in [3.8, 4) is 11.1 Å². The van der Waals surface area contributed by atoms with Gasteiger partial charge in [-0.25, -0.2) is 4.98 Å². The molecule has 5 rings (SSSR count). The number of piperazine rings is 1. The predicted octanol–water partition coefficient (Wildman–Crippen LogP) is 7.56. The molecule has 1 aromatic carbocycles. The standard InChI is InChI=1S/C34H54N6OSi/c1-8-9-18-35-33-36-23-30-31(27-12-10-26(11-13-27)24-39-21-19-38(5)20-22-39)25-40(32(30)37-33)28-14-16-29(17-15-28)41-42(6,7)34(2,3)4/h10-13,23,25,28-29H,8-9,14-22,24H2,1-7H3,(H,35,36,37). The molecular weight excluding hydrogens is 537 g/mol. The van der Waals surface area contributed by atoms with E-state index in [9.17, 15) is 0 Å². The zero-order valence-corrected chi connectivity index (χ0v) is 28.2. The van der Waals surface area contributed by atoms with Gasteiger partial charge in [0.25, 0.3) is 0 Å². The predicted molar refractivity (Wildman–Crippen MR) is 179 cm³/mol. The van der Waals surface area contributed by atoms with E-state index in [2.05, 4.69) is 98.0 Å². The Morgan fingerprint density at radius 2 is 1.69 bits per heavy atom. The highest BCUT2D eigenvalue weighted by molar-refractivity contribution is 6.74. The molecule has 0 unspecified atom stereocenters. The first kappa shape index (κ1) is 31.2. The van der Waals surface area contributed by atoms with Crippen molar-refractivity contribution in [3.05, 3.63) is 42.2 Å². The van der Waals surface area contributed by atoms with E-state index in [-0.39, 0.29) is 5.04 Å². The molecule has 230 valence electrons. The van der Waals surface area contributed by atoms with Crippen LogP contribution < -0.4 is 5.32 Å². The molecule has 1 N–H and O–H groups in total. The van der Waals surface area contributed by atoms with E-state index in [1.807, 2.05) is 6.20 Å². The molecule has 0 bridgehead atoms. The van der Waals surface area contributed by atoms with E-state index in [1.54, 1.807) is 0 Å². The SMILES string of the molecule is CCCCNc1ncc2c(-c3ccc(CN4CCN(C)CC4)cc3)cn(C3CCC(O[Si](C)(C)C(C)(C)C)CC3)c2n1. The minimum Gasteiger partial charge on any atom is -0.414 e. The van der Waals surface area contributed by atoms with Crippen molar-refractivity contribution in [2.45, 2.75) is 103 Å². The van der Waals surface area contributed by atoms with Gasteiger partial charge in [-0.1, -0.05) is 58.4 Å². The largest absolute Gasteiger partial charge is 0.414 e. The van der Waals surface area contributed by atoms with Crippen LogP contribution in [0.4, 0.5) is 5.95 Å². The summed E-state index contributed by atoms with van der Waals surface area (Å²) in [4.78, 5) is 14.8. The summed E-state index contributed by atoms with van der Waals surface area (Å²) < 4.78 is 9.28. The first-order valence-corrected chi connectivity index (χ1v) is 19.2. The quantitative estimate of drug-likeness (QED) is 0.194. The van der Waals surface area contributed by atoms with E-state index in [4.69, 9.17) is 14.4 Å². The van der Waals surface area contributed by atoms with Gasteiger partial charge in [-0.2, -0.15) is 4.98 Å². The number of unbranched alkanes of at least 4 members (excludes halogenated alkanes) is 1. The maximum absolute atomic E-state index is 6.82. The molecule has 3 heterocycles. The topological polar surface area (TPSA) is 58.5 Å². The molecule has 0 radical (unpaired) electrons. The number of anilines is 1. The zero-order valence-electron chi connectivity index (χ0n) is 27.2. The second kappa shape index (κ2) is 13.2. The summed E-state index contributed by atoms with van der Waals surface area (Å²) in [6, 6.07) is 9.63. The van der Waals surface area contributed by atoms with Gasteiger partial charge in [-0.15, -0.1) is 0 Å². The molecule has 0 spiro atoms. The lowest BCUT2D eigenvalue weighted by Gasteiger charge is -2.41. The van der Waals surface area contributed by atoms with E-state index in [1.165, 1.54) is 16.7 Å². The van der Waals surface area contributed by atoms with Crippen LogP contribution in [0.2, 0.25) is 18.1 Å². The number of hydrogen-bond donors (Lipinski definition) is 1. The van der Waals surface area contributed by atoms with Crippen LogP contribution in [-0.2, 0) is 11.0 Å². The molecule has 0 atom stereocenters. The van der Waals surface area contributed by atoms with E-state index >= 15 is 0 Å². The minimum atomic E-state index is -1.76. The summed E-state index contributed by atoms with van der Waals surface area (Å²) in [5.74, 6) is 0.735. The van der Waals surface area contributed by atoms with Crippen molar-refractivity contribution in [2.24, 2.45) is 0 Å². The van der Waals surface area contributed by atoms with Crippen LogP contribution in [0.1, 0.15) is 77.8 Å². The van der Waals surface area contributed by atoms with Crippen LogP contribution in [0.15, 0.2) is 36.7 Å². The molecule has 1 saturated heterocycles. The normalized spacial score (nSPS) is 21.2. The molecule has 2 aromatic heterocycles. The van der Waals surface area contributed by atoms with Gasteiger partial charge in [-0.3, -0.25) is 4.90 Å². The second-order valence-corrected chi connectivity index (χ2v) is 19.0. The third-order valence-electron chi connectivity index (χ3n) is 9.96. The molecule has 2 aliphatic rings. The number of benzene rings is 1. The minimum absolute atomic E-state index is 0.244. The maximum Gasteiger partial charge on any atom is 0.224 e. The average molecular weight is 591 g/mol. The lowest BCUT2D eigenvalue weighted by molar-refractivity contribution is 0.119. The number of nitrogens with zero attached hydrogens (tertiary/aromatic N) is 5. The molecular formula is C34H54N6OSi. The average Bonchev–Trinajstić information content (AvgIpc) is 3.33. The number of rotatable bonds is 10. The van der Waals surface area contributed by atoms with Gasteiger partial charge in [0.05, 0.1) is 0 Å². The van der Waals surface area contributed by atoms with Crippen LogP contribution in [0.3, 0.4) is 0 Å². The van der Waals surface area contributed by atoms with Gasteiger partial charge < -0.3 is 19.2 Å². The Balaban J connectivity index is 1.37. The van der Waals surface area contributed by atoms with Gasteiger partial charge in [0.15, 0.2) is 8.32 Å². The molecule has 0 amide bonds. The van der Waals surface area contributed by atoms with Gasteiger partial charge in [-0.05, 0) is 68.4 Å². The van der Waals surface area contributed by atoms with E-state index in [0.29, 0.717) is 12.1 Å². The number of hydrogen-bond acceptors (Lipinski definition) is 6. The smallest absolute Gasteiger partial charge is 0.224 e. The zero-order chi connectivity index (χ0) is 29.9. The van der Waals surface area contributed by atoms with Gasteiger partial charge in [0.2, 0.25) is 5.95 Å². The van der Waals surface area contributed by atoms with Crippen LogP contribution in [0.5, 0.6) is 0 Å². The number of aromatic nitrogens is 3. The van der Waals surface area contributed by atoms with Crippen LogP contribution >= 0.6 is 0 Å². The van der Waals surface area contributed by atoms with Crippen LogP contribution in [-0.4, -0.2) is 78.5 Å². The summed E-state index contributed by atoms with van der Waals surface area (Å²) in [6.45, 7) is 20.5. The Labute approximate surface area is 255 Å². The van der Waals surface area contributed by atoms with Gasteiger partial charge in [0.1, 0.15) is 5.65 Å². The van der Waals surface area contributed by atoms with E-state index < -0.39 is 8.32 Å². The fourth-order valence-electron chi connectivity index (χ4n) is 6.09. The fourth-order valence-corrected chi connectivity index (χ4v) is 7.51. The van der Waals surface area contributed by atoms with Crippen LogP contribution in [0, 0.1) is 0 Å². The molecule has 1 saturated carbocycles. The van der Waals surface area contributed by atoms with Gasteiger partial charge in [0, 0.05) is 74.8 Å². The molecule has 7 nitrogen and oxygen atoms in total. The van der Waals surface area contributed by atoms with E-state index in [0.717, 1.165) is 94.8 Å². The number of likely N-dealkylation sites (N-methyl/N-ethyl adjacent to an activating group) is 1. The molecule has 1 aliphatic carbocycles. The van der Waals surface area contributed by atoms with Crippen molar-refractivity contribution >= 4 is 25.3 Å². The summed E-state index contributed by atoms with van der Waals surface area (Å²) in [5.41, 5.74) is 4.90. The fraction of sp³-hybridized carbons (Fsp3) is 0.647. The highest BCUT2D eigenvalue weighted by Crippen LogP contribution is 2.41. The molecule has 3 aromatic rings.